The second-order valence-corrected chi connectivity index (χ2v) is 6.90. The maximum absolute atomic E-state index is 12.2. The van der Waals surface area contributed by atoms with Gasteiger partial charge in [-0.1, -0.05) is 49.4 Å². The number of hydrogen-bond donors (Lipinski definition) is 1. The fourth-order valence-electron chi connectivity index (χ4n) is 3.18. The Balaban J connectivity index is 1.66. The van der Waals surface area contributed by atoms with Crippen molar-refractivity contribution in [3.8, 4) is 0 Å². The minimum absolute atomic E-state index is 0.0166. The summed E-state index contributed by atoms with van der Waals surface area (Å²) < 4.78 is 7.32. The van der Waals surface area contributed by atoms with E-state index in [9.17, 15) is 4.79 Å². The van der Waals surface area contributed by atoms with Crippen LogP contribution in [0.2, 0.25) is 0 Å². The van der Waals surface area contributed by atoms with Gasteiger partial charge in [0.25, 0.3) is 0 Å². The molecule has 1 N–H and O–H groups in total. The fraction of sp³-hybridized carbons (Fsp3) is 0.333. The average molecular weight is 351 g/mol. The lowest BCUT2D eigenvalue weighted by Gasteiger charge is -2.35. The predicted octanol–water partition coefficient (Wildman–Crippen LogP) is 3.95. The lowest BCUT2D eigenvalue weighted by Crippen LogP contribution is -2.26. The molecule has 3 rings (SSSR count). The second kappa shape index (κ2) is 7.60. The Bertz CT molecular complexity index is 836. The topological polar surface area (TPSA) is 56.1 Å². The Morgan fingerprint density at radius 2 is 2.08 bits per heavy atom. The van der Waals surface area contributed by atoms with Gasteiger partial charge in [-0.25, -0.2) is 0 Å². The zero-order valence-corrected chi connectivity index (χ0v) is 15.5. The van der Waals surface area contributed by atoms with Gasteiger partial charge < -0.3 is 10.1 Å². The van der Waals surface area contributed by atoms with Gasteiger partial charge in [0, 0.05) is 11.6 Å². The molecule has 0 bridgehead atoms. The van der Waals surface area contributed by atoms with Gasteiger partial charge >= 0.3 is 0 Å². The molecule has 0 spiro atoms. The Morgan fingerprint density at radius 1 is 1.35 bits per heavy atom. The zero-order valence-electron chi connectivity index (χ0n) is 15.5. The van der Waals surface area contributed by atoms with E-state index in [4.69, 9.17) is 4.74 Å². The largest absolute Gasteiger partial charge is 0.501 e. The Hall–Kier alpha value is -2.82. The number of nitrogens with zero attached hydrogens (tertiary/aromatic N) is 2. The number of carbonyl (C=O) groups is 1. The van der Waals surface area contributed by atoms with Crippen LogP contribution < -0.4 is 5.32 Å². The van der Waals surface area contributed by atoms with Gasteiger partial charge in [-0.2, -0.15) is 5.10 Å². The third kappa shape index (κ3) is 4.04. The number of carbonyl (C=O) groups excluding carboxylic acids is 1. The molecule has 26 heavy (non-hydrogen) atoms. The molecule has 1 amide bonds. The minimum Gasteiger partial charge on any atom is -0.501 e. The van der Waals surface area contributed by atoms with Crippen molar-refractivity contribution in [2.75, 3.05) is 12.4 Å². The van der Waals surface area contributed by atoms with E-state index in [-0.39, 0.29) is 11.3 Å². The highest BCUT2D eigenvalue weighted by Gasteiger charge is 2.32. The summed E-state index contributed by atoms with van der Waals surface area (Å²) >= 11 is 0. The molecule has 1 heterocycles. The molecule has 0 radical (unpaired) electrons. The number of aromatic nitrogens is 2. The van der Waals surface area contributed by atoms with Gasteiger partial charge in [0.15, 0.2) is 0 Å². The molecule has 1 aliphatic rings. The normalized spacial score (nSPS) is 19.5. The Morgan fingerprint density at radius 3 is 2.69 bits per heavy atom. The van der Waals surface area contributed by atoms with E-state index in [1.807, 2.05) is 48.1 Å². The molecule has 0 fully saturated rings. The molecular formula is C21H25N3O2. The molecule has 0 aliphatic heterocycles. The quantitative estimate of drug-likeness (QED) is 0.607. The molecule has 136 valence electrons. The van der Waals surface area contributed by atoms with Crippen molar-refractivity contribution in [1.29, 1.82) is 0 Å². The van der Waals surface area contributed by atoms with E-state index in [1.165, 1.54) is 5.57 Å². The number of methoxy groups -OCH3 is 1. The standard InChI is InChI=1S/C21H25N3O2/c1-16(26-3)19(21(2)10-7-11-21)15-24-14-18(13-22-24)23-20(25)12-17-8-5-4-6-9-17/h4-10,13-14H,11-12,15H2,1-3H3,(H,23,25)/b19-16-. The summed E-state index contributed by atoms with van der Waals surface area (Å²) in [5, 5.41) is 7.30. The van der Waals surface area contributed by atoms with E-state index >= 15 is 0 Å². The van der Waals surface area contributed by atoms with E-state index in [1.54, 1.807) is 13.3 Å². The number of anilines is 1. The van der Waals surface area contributed by atoms with Crippen LogP contribution in [0, 0.1) is 5.41 Å². The molecule has 5 nitrogen and oxygen atoms in total. The van der Waals surface area contributed by atoms with Crippen LogP contribution in [0.25, 0.3) is 0 Å². The fourth-order valence-corrected chi connectivity index (χ4v) is 3.18. The number of amides is 1. The lowest BCUT2D eigenvalue weighted by atomic mass is 9.71. The van der Waals surface area contributed by atoms with Gasteiger partial charge in [-0.05, 0) is 24.5 Å². The van der Waals surface area contributed by atoms with Crippen molar-refractivity contribution >= 4 is 11.6 Å². The molecule has 1 aromatic carbocycles. The van der Waals surface area contributed by atoms with Crippen molar-refractivity contribution in [2.45, 2.75) is 33.2 Å². The highest BCUT2D eigenvalue weighted by molar-refractivity contribution is 5.91. The average Bonchev–Trinajstić information content (AvgIpc) is 3.04. The van der Waals surface area contributed by atoms with Gasteiger partial charge in [-0.15, -0.1) is 0 Å². The first kappa shape index (κ1) is 18.0. The van der Waals surface area contributed by atoms with E-state index in [0.29, 0.717) is 18.7 Å². The summed E-state index contributed by atoms with van der Waals surface area (Å²) in [6, 6.07) is 9.70. The van der Waals surface area contributed by atoms with Crippen molar-refractivity contribution in [3.63, 3.8) is 0 Å². The summed E-state index contributed by atoms with van der Waals surface area (Å²) in [7, 11) is 1.69. The maximum Gasteiger partial charge on any atom is 0.228 e. The molecule has 0 saturated carbocycles. The molecule has 1 aromatic heterocycles. The third-order valence-electron chi connectivity index (χ3n) is 4.89. The van der Waals surface area contributed by atoms with E-state index < -0.39 is 0 Å². The molecule has 1 unspecified atom stereocenters. The summed E-state index contributed by atoms with van der Waals surface area (Å²) in [6.07, 6.45) is 9.27. The number of allylic oxidation sites excluding steroid dienone is 4. The van der Waals surface area contributed by atoms with Crippen LogP contribution in [0.3, 0.4) is 0 Å². The lowest BCUT2D eigenvalue weighted by molar-refractivity contribution is -0.115. The zero-order chi connectivity index (χ0) is 18.6. The summed E-state index contributed by atoms with van der Waals surface area (Å²) in [5.41, 5.74) is 2.91. The molecular weight excluding hydrogens is 326 g/mol. The van der Waals surface area contributed by atoms with Crippen molar-refractivity contribution in [3.05, 3.63) is 71.8 Å². The first-order valence-corrected chi connectivity index (χ1v) is 8.78. The minimum atomic E-state index is -0.0477. The summed E-state index contributed by atoms with van der Waals surface area (Å²) in [5.74, 6) is 0.871. The van der Waals surface area contributed by atoms with Crippen LogP contribution in [-0.4, -0.2) is 22.8 Å². The van der Waals surface area contributed by atoms with Crippen molar-refractivity contribution < 1.29 is 9.53 Å². The van der Waals surface area contributed by atoms with Crippen LogP contribution in [0.15, 0.2) is 66.2 Å². The van der Waals surface area contributed by atoms with Gasteiger partial charge in [0.2, 0.25) is 5.91 Å². The summed E-state index contributed by atoms with van der Waals surface area (Å²) in [4.78, 5) is 12.2. The highest BCUT2D eigenvalue weighted by atomic mass is 16.5. The predicted molar refractivity (Wildman–Crippen MR) is 103 cm³/mol. The van der Waals surface area contributed by atoms with E-state index in [0.717, 1.165) is 17.7 Å². The first-order valence-electron chi connectivity index (χ1n) is 8.78. The molecule has 1 atom stereocenters. The molecule has 2 aromatic rings. The molecule has 5 heteroatoms. The number of benzene rings is 1. The molecule has 0 saturated heterocycles. The van der Waals surface area contributed by atoms with Gasteiger partial charge in [0.05, 0.1) is 37.7 Å². The number of nitrogens with one attached hydrogen (secondary N) is 1. The summed E-state index contributed by atoms with van der Waals surface area (Å²) in [6.45, 7) is 4.82. The molecule has 1 aliphatic carbocycles. The van der Waals surface area contributed by atoms with Crippen molar-refractivity contribution in [2.24, 2.45) is 5.41 Å². The smallest absolute Gasteiger partial charge is 0.228 e. The van der Waals surface area contributed by atoms with Crippen LogP contribution in [0.5, 0.6) is 0 Å². The number of hydrogen-bond acceptors (Lipinski definition) is 3. The number of rotatable bonds is 7. The Labute approximate surface area is 154 Å². The third-order valence-corrected chi connectivity index (χ3v) is 4.89. The first-order chi connectivity index (χ1) is 12.5. The van der Waals surface area contributed by atoms with Crippen LogP contribution in [-0.2, 0) is 22.5 Å². The van der Waals surface area contributed by atoms with Crippen LogP contribution in [0.1, 0.15) is 25.8 Å². The number of ether oxygens (including phenoxy) is 1. The van der Waals surface area contributed by atoms with E-state index in [2.05, 4.69) is 29.5 Å². The Kier molecular flexibility index (Phi) is 5.26. The van der Waals surface area contributed by atoms with Gasteiger partial charge in [0.1, 0.15) is 0 Å². The monoisotopic (exact) mass is 351 g/mol. The second-order valence-electron chi connectivity index (χ2n) is 6.90. The van der Waals surface area contributed by atoms with Crippen LogP contribution in [0.4, 0.5) is 5.69 Å². The van der Waals surface area contributed by atoms with Crippen molar-refractivity contribution in [1.82, 2.24) is 9.78 Å². The van der Waals surface area contributed by atoms with Crippen LogP contribution >= 0.6 is 0 Å². The SMILES string of the molecule is CO/C(C)=C(/Cn1cc(NC(=O)Cc2ccccc2)cn1)C1(C)C=CC1. The maximum atomic E-state index is 12.2. The highest BCUT2D eigenvalue weighted by Crippen LogP contribution is 2.42. The van der Waals surface area contributed by atoms with Gasteiger partial charge in [-0.3, -0.25) is 9.48 Å².